The number of hydrogen-bond donors (Lipinski definition) is 4. The maximum atomic E-state index is 14.3. The van der Waals surface area contributed by atoms with Gasteiger partial charge in [-0.3, -0.25) is 14.4 Å². The van der Waals surface area contributed by atoms with Gasteiger partial charge in [0.15, 0.2) is 5.78 Å². The van der Waals surface area contributed by atoms with E-state index in [0.29, 0.717) is 46.9 Å². The lowest BCUT2D eigenvalue weighted by Gasteiger charge is -2.24. The van der Waals surface area contributed by atoms with E-state index in [1.165, 1.54) is 36.1 Å². The molecule has 1 atom stereocenters. The van der Waals surface area contributed by atoms with Gasteiger partial charge in [-0.25, -0.2) is 9.18 Å². The molecule has 1 fully saturated rings. The highest BCUT2D eigenvalue weighted by Crippen LogP contribution is 2.28. The van der Waals surface area contributed by atoms with Crippen molar-refractivity contribution in [2.75, 3.05) is 6.54 Å². The van der Waals surface area contributed by atoms with Crippen LogP contribution in [0.2, 0.25) is 5.02 Å². The molecule has 0 bridgehead atoms. The van der Waals surface area contributed by atoms with Crippen LogP contribution in [0.5, 0.6) is 5.75 Å². The van der Waals surface area contributed by atoms with Gasteiger partial charge in [-0.15, -0.1) is 0 Å². The first-order valence-electron chi connectivity index (χ1n) is 14.6. The van der Waals surface area contributed by atoms with E-state index in [1.807, 2.05) is 0 Å². The molecular weight excluding hydrogens is 618 g/mol. The fraction of sp³-hybridized carbons (Fsp3) is 0.250. The number of likely N-dealkylation sites (tertiary alicyclic amines) is 1. The molecule has 0 spiro atoms. The molecule has 238 valence electrons. The summed E-state index contributed by atoms with van der Waals surface area (Å²) in [6.45, 7) is 1.64. The first kappa shape index (κ1) is 32.7. The zero-order chi connectivity index (χ0) is 33.0. The van der Waals surface area contributed by atoms with Gasteiger partial charge in [-0.05, 0) is 49.0 Å². The molecule has 0 radical (unpaired) electrons. The highest BCUT2D eigenvalue weighted by atomic mass is 35.5. The minimum atomic E-state index is -1.59. The summed E-state index contributed by atoms with van der Waals surface area (Å²) in [4.78, 5) is 53.0. The van der Waals surface area contributed by atoms with Crippen LogP contribution in [0.15, 0.2) is 66.9 Å². The van der Waals surface area contributed by atoms with Crippen molar-refractivity contribution < 1.29 is 38.4 Å². The first-order valence-corrected chi connectivity index (χ1v) is 14.9. The van der Waals surface area contributed by atoms with E-state index in [-0.39, 0.29) is 47.7 Å². The van der Waals surface area contributed by atoms with Crippen molar-refractivity contribution in [2.45, 2.75) is 45.4 Å². The highest BCUT2D eigenvalue weighted by molar-refractivity contribution is 6.58. The molecule has 1 aliphatic rings. The van der Waals surface area contributed by atoms with E-state index in [9.17, 15) is 33.6 Å². The number of aromatic nitrogens is 1. The summed E-state index contributed by atoms with van der Waals surface area (Å²) in [6, 6.07) is 14.9. The number of fused-ring (bicyclic) bond motifs is 1. The summed E-state index contributed by atoms with van der Waals surface area (Å²) in [6.07, 6.45) is 1.88. The lowest BCUT2D eigenvalue weighted by Crippen LogP contribution is -2.46. The highest BCUT2D eigenvalue weighted by Gasteiger charge is 2.34. The summed E-state index contributed by atoms with van der Waals surface area (Å²) in [5.41, 5.74) is 2.13. The standard InChI is InChI=1S/C32H31BClFN4O7/c1-19(40)25-17-38(18-29(41)39-13-3-6-27(39)31(42)36-16-21-4-2-5-26(34)30(21)35)28-14-23(11-12-24(25)28)46-32(43)37-15-20-7-9-22(10-8-20)33(44)45/h2,4-5,7-12,14,17,27,44-45H,3,6,13,15-16,18H2,1H3,(H,36,42)(H,37,43)/t27-/m0/s1. The molecule has 1 saturated heterocycles. The van der Waals surface area contributed by atoms with Crippen LogP contribution in [0.25, 0.3) is 10.9 Å². The van der Waals surface area contributed by atoms with E-state index < -0.39 is 31.0 Å². The summed E-state index contributed by atoms with van der Waals surface area (Å²) >= 11 is 5.84. The smallest absolute Gasteiger partial charge is 0.423 e. The molecule has 2 heterocycles. The van der Waals surface area contributed by atoms with Crippen molar-refractivity contribution >= 4 is 58.8 Å². The molecule has 4 N–H and O–H groups in total. The average Bonchev–Trinajstić information content (AvgIpc) is 3.66. The fourth-order valence-corrected chi connectivity index (χ4v) is 5.63. The number of nitrogens with zero attached hydrogens (tertiary/aromatic N) is 2. The van der Waals surface area contributed by atoms with Crippen molar-refractivity contribution in [3.8, 4) is 5.75 Å². The first-order chi connectivity index (χ1) is 22.0. The molecule has 14 heteroatoms. The number of carbonyl (C=O) groups excluding carboxylic acids is 4. The Morgan fingerprint density at radius 3 is 2.52 bits per heavy atom. The number of nitrogens with one attached hydrogen (secondary N) is 2. The number of hydrogen-bond acceptors (Lipinski definition) is 7. The zero-order valence-electron chi connectivity index (χ0n) is 24.8. The molecule has 5 rings (SSSR count). The van der Waals surface area contributed by atoms with Crippen LogP contribution in [0, 0.1) is 5.82 Å². The summed E-state index contributed by atoms with van der Waals surface area (Å²) in [5, 5.41) is 24.3. The Morgan fingerprint density at radius 1 is 1.04 bits per heavy atom. The van der Waals surface area contributed by atoms with Crippen molar-refractivity contribution in [3.05, 3.63) is 94.4 Å². The van der Waals surface area contributed by atoms with Gasteiger partial charge in [-0.2, -0.15) is 0 Å². The molecule has 4 aromatic rings. The van der Waals surface area contributed by atoms with Crippen LogP contribution in [-0.2, 0) is 29.2 Å². The van der Waals surface area contributed by atoms with Gasteiger partial charge in [0, 0.05) is 48.4 Å². The fourth-order valence-electron chi connectivity index (χ4n) is 5.43. The molecule has 46 heavy (non-hydrogen) atoms. The Kier molecular flexibility index (Phi) is 10.1. The third-order valence-electron chi connectivity index (χ3n) is 7.82. The van der Waals surface area contributed by atoms with E-state index in [0.717, 1.165) is 0 Å². The number of ketones is 1. The van der Waals surface area contributed by atoms with Gasteiger partial charge in [0.05, 0.1) is 10.5 Å². The summed E-state index contributed by atoms with van der Waals surface area (Å²) < 4.78 is 21.3. The second-order valence-corrected chi connectivity index (χ2v) is 11.3. The van der Waals surface area contributed by atoms with E-state index in [2.05, 4.69) is 10.6 Å². The molecule has 3 amide bonds. The molecule has 1 aromatic heterocycles. The lowest BCUT2D eigenvalue weighted by molar-refractivity contribution is -0.138. The number of carbonyl (C=O) groups is 4. The summed E-state index contributed by atoms with van der Waals surface area (Å²) in [7, 11) is -1.59. The normalized spacial score (nSPS) is 14.3. The molecule has 0 unspecified atom stereocenters. The maximum Gasteiger partial charge on any atom is 0.488 e. The average molecular weight is 649 g/mol. The van der Waals surface area contributed by atoms with Crippen LogP contribution in [-0.4, -0.2) is 62.9 Å². The lowest BCUT2D eigenvalue weighted by atomic mass is 9.80. The monoisotopic (exact) mass is 648 g/mol. The summed E-state index contributed by atoms with van der Waals surface area (Å²) in [5.74, 6) is -1.40. The van der Waals surface area contributed by atoms with Crippen molar-refractivity contribution in [1.82, 2.24) is 20.1 Å². The van der Waals surface area contributed by atoms with Gasteiger partial charge in [0.1, 0.15) is 24.2 Å². The van der Waals surface area contributed by atoms with E-state index in [4.69, 9.17) is 16.3 Å². The van der Waals surface area contributed by atoms with Gasteiger partial charge in [0.25, 0.3) is 0 Å². The number of halogens is 2. The van der Waals surface area contributed by atoms with Crippen LogP contribution >= 0.6 is 11.6 Å². The van der Waals surface area contributed by atoms with Crippen LogP contribution in [0.4, 0.5) is 9.18 Å². The van der Waals surface area contributed by atoms with Crippen LogP contribution in [0.3, 0.4) is 0 Å². The van der Waals surface area contributed by atoms with Crippen molar-refractivity contribution in [3.63, 3.8) is 0 Å². The number of rotatable bonds is 10. The quantitative estimate of drug-likeness (QED) is 0.153. The Hall–Kier alpha value is -4.72. The topological polar surface area (TPSA) is 150 Å². The van der Waals surface area contributed by atoms with Gasteiger partial charge < -0.3 is 34.9 Å². The molecule has 11 nitrogen and oxygen atoms in total. The Morgan fingerprint density at radius 2 is 1.80 bits per heavy atom. The van der Waals surface area contributed by atoms with Crippen LogP contribution < -0.4 is 20.8 Å². The number of Topliss-reactive ketones (excluding diaryl/α,β-unsaturated/α-hetero) is 1. The Bertz CT molecular complexity index is 1800. The van der Waals surface area contributed by atoms with E-state index in [1.54, 1.807) is 47.2 Å². The third kappa shape index (κ3) is 7.39. The molecule has 0 aliphatic carbocycles. The molecule has 0 saturated carbocycles. The zero-order valence-corrected chi connectivity index (χ0v) is 25.6. The van der Waals surface area contributed by atoms with Crippen LogP contribution in [0.1, 0.15) is 41.3 Å². The minimum Gasteiger partial charge on any atom is -0.423 e. The van der Waals surface area contributed by atoms with Gasteiger partial charge in [0.2, 0.25) is 11.8 Å². The second-order valence-electron chi connectivity index (χ2n) is 10.9. The van der Waals surface area contributed by atoms with Crippen molar-refractivity contribution in [2.24, 2.45) is 0 Å². The third-order valence-corrected chi connectivity index (χ3v) is 8.12. The Labute approximate surface area is 269 Å². The number of benzene rings is 3. The predicted molar refractivity (Wildman–Crippen MR) is 169 cm³/mol. The molecule has 1 aliphatic heterocycles. The van der Waals surface area contributed by atoms with Gasteiger partial charge >= 0.3 is 13.2 Å². The second kappa shape index (κ2) is 14.2. The number of amides is 3. The maximum absolute atomic E-state index is 14.3. The molecular formula is C32H31BClFN4O7. The van der Waals surface area contributed by atoms with Crippen molar-refractivity contribution in [1.29, 1.82) is 0 Å². The largest absolute Gasteiger partial charge is 0.488 e. The molecule has 3 aromatic carbocycles. The minimum absolute atomic E-state index is 0.0464. The predicted octanol–water partition coefficient (Wildman–Crippen LogP) is 2.91. The van der Waals surface area contributed by atoms with Gasteiger partial charge in [-0.1, -0.05) is 48.0 Å². The van der Waals surface area contributed by atoms with E-state index >= 15 is 0 Å². The SMILES string of the molecule is CC(=O)c1cn(CC(=O)N2CCC[C@H]2C(=O)NCc2cccc(Cl)c2F)c2cc(OC(=O)NCc3ccc(B(O)O)cc3)ccc12. The Balaban J connectivity index is 1.26. The number of ether oxygens (including phenoxy) is 1.